The molecule has 1 saturated carbocycles. The second kappa shape index (κ2) is 5.83. The van der Waals surface area contributed by atoms with Crippen molar-refractivity contribution in [2.45, 2.75) is 39.0 Å². The molecule has 0 bridgehead atoms. The van der Waals surface area contributed by atoms with E-state index in [1.807, 2.05) is 0 Å². The molecule has 0 spiro atoms. The first-order chi connectivity index (χ1) is 7.79. The molecule has 92 valence electrons. The van der Waals surface area contributed by atoms with Gasteiger partial charge < -0.3 is 5.73 Å². The Morgan fingerprint density at radius 1 is 1.31 bits per heavy atom. The average molecular weight is 222 g/mol. The zero-order valence-corrected chi connectivity index (χ0v) is 10.6. The Bertz CT molecular complexity index is 247. The summed E-state index contributed by atoms with van der Waals surface area (Å²) in [5.74, 6) is 1.66. The summed E-state index contributed by atoms with van der Waals surface area (Å²) in [6.07, 6.45) is 9.25. The maximum absolute atomic E-state index is 5.89. The van der Waals surface area contributed by atoms with E-state index in [4.69, 9.17) is 5.73 Å². The molecule has 1 aliphatic heterocycles. The summed E-state index contributed by atoms with van der Waals surface area (Å²) < 4.78 is 0. The highest BCUT2D eigenvalue weighted by atomic mass is 15.1. The minimum atomic E-state index is 0.792. The standard InChI is InChI=1S/C14H26N2/c1-12-6-8-16(9-7-12)11-14-5-3-2-4-13(14)10-15/h6,13-14H,2-5,7-11,15H2,1H3. The summed E-state index contributed by atoms with van der Waals surface area (Å²) in [6.45, 7) is 6.86. The van der Waals surface area contributed by atoms with E-state index in [2.05, 4.69) is 17.9 Å². The lowest BCUT2D eigenvalue weighted by Crippen LogP contribution is -2.38. The minimum Gasteiger partial charge on any atom is -0.330 e. The van der Waals surface area contributed by atoms with Gasteiger partial charge in [-0.3, -0.25) is 4.90 Å². The first-order valence-electron chi connectivity index (χ1n) is 6.87. The van der Waals surface area contributed by atoms with Gasteiger partial charge >= 0.3 is 0 Å². The first kappa shape index (κ1) is 12.1. The molecular weight excluding hydrogens is 196 g/mol. The number of nitrogens with two attached hydrogens (primary N) is 1. The van der Waals surface area contributed by atoms with Crippen LogP contribution >= 0.6 is 0 Å². The molecule has 2 heteroatoms. The van der Waals surface area contributed by atoms with Crippen molar-refractivity contribution in [2.75, 3.05) is 26.2 Å². The molecule has 1 fully saturated rings. The Kier molecular flexibility index (Phi) is 4.42. The normalized spacial score (nSPS) is 32.5. The van der Waals surface area contributed by atoms with Crippen LogP contribution in [-0.2, 0) is 0 Å². The summed E-state index contributed by atoms with van der Waals surface area (Å²) in [5, 5.41) is 0. The van der Waals surface area contributed by atoms with Gasteiger partial charge in [0.25, 0.3) is 0 Å². The van der Waals surface area contributed by atoms with Crippen LogP contribution in [0, 0.1) is 11.8 Å². The molecule has 2 unspecified atom stereocenters. The Balaban J connectivity index is 1.83. The van der Waals surface area contributed by atoms with Crippen molar-refractivity contribution >= 4 is 0 Å². The smallest absolute Gasteiger partial charge is 0.0165 e. The van der Waals surface area contributed by atoms with Crippen LogP contribution in [0.5, 0.6) is 0 Å². The van der Waals surface area contributed by atoms with E-state index in [0.717, 1.165) is 18.4 Å². The summed E-state index contributed by atoms with van der Waals surface area (Å²) in [7, 11) is 0. The maximum Gasteiger partial charge on any atom is 0.0165 e. The largest absolute Gasteiger partial charge is 0.330 e. The van der Waals surface area contributed by atoms with Crippen LogP contribution < -0.4 is 5.73 Å². The Labute approximate surface area is 99.9 Å². The Hall–Kier alpha value is -0.340. The quantitative estimate of drug-likeness (QED) is 0.743. The van der Waals surface area contributed by atoms with E-state index in [0.29, 0.717) is 0 Å². The maximum atomic E-state index is 5.89. The lowest BCUT2D eigenvalue weighted by molar-refractivity contribution is 0.161. The zero-order valence-electron chi connectivity index (χ0n) is 10.6. The molecule has 16 heavy (non-hydrogen) atoms. The fourth-order valence-corrected chi connectivity index (χ4v) is 3.15. The van der Waals surface area contributed by atoms with Crippen LogP contribution in [0.3, 0.4) is 0 Å². The van der Waals surface area contributed by atoms with Crippen LogP contribution in [0.15, 0.2) is 11.6 Å². The minimum absolute atomic E-state index is 0.792. The highest BCUT2D eigenvalue weighted by Gasteiger charge is 2.25. The van der Waals surface area contributed by atoms with Gasteiger partial charge in [0.15, 0.2) is 0 Å². The molecule has 2 atom stereocenters. The monoisotopic (exact) mass is 222 g/mol. The summed E-state index contributed by atoms with van der Waals surface area (Å²) in [6, 6.07) is 0. The fourth-order valence-electron chi connectivity index (χ4n) is 3.15. The molecule has 0 amide bonds. The SMILES string of the molecule is CC1=CCN(CC2CCCCC2CN)CC1. The van der Waals surface area contributed by atoms with E-state index in [-0.39, 0.29) is 0 Å². The zero-order chi connectivity index (χ0) is 11.4. The van der Waals surface area contributed by atoms with Gasteiger partial charge in [0.2, 0.25) is 0 Å². The van der Waals surface area contributed by atoms with Gasteiger partial charge in [-0.15, -0.1) is 0 Å². The van der Waals surface area contributed by atoms with Crippen molar-refractivity contribution < 1.29 is 0 Å². The van der Waals surface area contributed by atoms with E-state index in [1.165, 1.54) is 51.7 Å². The number of nitrogens with zero attached hydrogens (tertiary/aromatic N) is 1. The predicted molar refractivity (Wildman–Crippen MR) is 69.3 cm³/mol. The second-order valence-corrected chi connectivity index (χ2v) is 5.60. The molecule has 2 rings (SSSR count). The van der Waals surface area contributed by atoms with Crippen molar-refractivity contribution in [1.29, 1.82) is 0 Å². The fraction of sp³-hybridized carbons (Fsp3) is 0.857. The third-order valence-corrected chi connectivity index (χ3v) is 4.38. The van der Waals surface area contributed by atoms with Gasteiger partial charge in [0, 0.05) is 19.6 Å². The van der Waals surface area contributed by atoms with E-state index in [1.54, 1.807) is 5.57 Å². The van der Waals surface area contributed by atoms with Gasteiger partial charge in [-0.1, -0.05) is 24.5 Å². The van der Waals surface area contributed by atoms with Gasteiger partial charge in [-0.2, -0.15) is 0 Å². The Morgan fingerprint density at radius 2 is 2.06 bits per heavy atom. The second-order valence-electron chi connectivity index (χ2n) is 5.60. The van der Waals surface area contributed by atoms with Crippen molar-refractivity contribution in [2.24, 2.45) is 17.6 Å². The Morgan fingerprint density at radius 3 is 2.69 bits per heavy atom. The van der Waals surface area contributed by atoms with Crippen LogP contribution in [0.1, 0.15) is 39.0 Å². The summed E-state index contributed by atoms with van der Waals surface area (Å²) in [5.41, 5.74) is 7.46. The first-order valence-corrected chi connectivity index (χ1v) is 6.87. The van der Waals surface area contributed by atoms with Crippen LogP contribution in [-0.4, -0.2) is 31.1 Å². The number of hydrogen-bond donors (Lipinski definition) is 1. The predicted octanol–water partition coefficient (Wildman–Crippen LogP) is 2.40. The van der Waals surface area contributed by atoms with Crippen LogP contribution in [0.25, 0.3) is 0 Å². The third-order valence-electron chi connectivity index (χ3n) is 4.38. The van der Waals surface area contributed by atoms with Gasteiger partial charge in [0.05, 0.1) is 0 Å². The van der Waals surface area contributed by atoms with Crippen LogP contribution in [0.2, 0.25) is 0 Å². The lowest BCUT2D eigenvalue weighted by atomic mass is 9.79. The molecule has 0 aromatic heterocycles. The number of hydrogen-bond acceptors (Lipinski definition) is 2. The van der Waals surface area contributed by atoms with Crippen LogP contribution in [0.4, 0.5) is 0 Å². The molecule has 0 aromatic rings. The highest BCUT2D eigenvalue weighted by Crippen LogP contribution is 2.30. The molecule has 0 aromatic carbocycles. The third kappa shape index (κ3) is 3.08. The molecule has 1 heterocycles. The molecule has 2 aliphatic rings. The molecule has 2 N–H and O–H groups in total. The van der Waals surface area contributed by atoms with E-state index in [9.17, 15) is 0 Å². The van der Waals surface area contributed by atoms with Crippen molar-refractivity contribution in [1.82, 2.24) is 4.90 Å². The van der Waals surface area contributed by atoms with Crippen molar-refractivity contribution in [3.63, 3.8) is 0 Å². The van der Waals surface area contributed by atoms with Crippen molar-refractivity contribution in [3.05, 3.63) is 11.6 Å². The highest BCUT2D eigenvalue weighted by molar-refractivity contribution is 5.03. The van der Waals surface area contributed by atoms with E-state index >= 15 is 0 Å². The molecular formula is C14H26N2. The molecule has 0 radical (unpaired) electrons. The summed E-state index contributed by atoms with van der Waals surface area (Å²) in [4.78, 5) is 2.62. The average Bonchev–Trinajstić information content (AvgIpc) is 2.33. The van der Waals surface area contributed by atoms with Gasteiger partial charge in [0.1, 0.15) is 0 Å². The van der Waals surface area contributed by atoms with Gasteiger partial charge in [-0.05, 0) is 44.6 Å². The molecule has 1 aliphatic carbocycles. The number of rotatable bonds is 3. The molecule has 0 saturated heterocycles. The topological polar surface area (TPSA) is 29.3 Å². The lowest BCUT2D eigenvalue weighted by Gasteiger charge is -2.36. The summed E-state index contributed by atoms with van der Waals surface area (Å²) >= 11 is 0. The molecule has 2 nitrogen and oxygen atoms in total. The van der Waals surface area contributed by atoms with Crippen molar-refractivity contribution in [3.8, 4) is 0 Å². The van der Waals surface area contributed by atoms with E-state index < -0.39 is 0 Å². The van der Waals surface area contributed by atoms with Gasteiger partial charge in [-0.25, -0.2) is 0 Å².